The number of alkyl halides is 1. The third-order valence-electron chi connectivity index (χ3n) is 2.51. The second kappa shape index (κ2) is 1.96. The summed E-state index contributed by atoms with van der Waals surface area (Å²) in [7, 11) is 0. The van der Waals surface area contributed by atoms with Crippen LogP contribution in [0.5, 0.6) is 0 Å². The van der Waals surface area contributed by atoms with Gasteiger partial charge in [0.2, 0.25) is 0 Å². The number of hydrogen-bond donors (Lipinski definition) is 0. The van der Waals surface area contributed by atoms with Crippen molar-refractivity contribution >= 4 is 15.9 Å². The number of hydrogen-bond acceptors (Lipinski definition) is 1. The molecule has 2 aliphatic rings. The van der Waals surface area contributed by atoms with Gasteiger partial charge in [-0.2, -0.15) is 0 Å². The normalized spacial score (nSPS) is 48.3. The lowest BCUT2D eigenvalue weighted by atomic mass is 9.68. The molecule has 1 saturated carbocycles. The van der Waals surface area contributed by atoms with Gasteiger partial charge in [-0.1, -0.05) is 15.9 Å². The van der Waals surface area contributed by atoms with Gasteiger partial charge in [0.15, 0.2) is 0 Å². The first-order valence-corrected chi connectivity index (χ1v) is 4.67. The van der Waals surface area contributed by atoms with Crippen molar-refractivity contribution in [3.05, 3.63) is 0 Å². The Hall–Kier alpha value is 0.440. The molecule has 0 radical (unpaired) electrons. The second-order valence-electron chi connectivity index (χ2n) is 3.21. The molecular weight excluding hydrogens is 180 g/mol. The Balaban J connectivity index is 1.82. The minimum absolute atomic E-state index is 0.387. The summed E-state index contributed by atoms with van der Waals surface area (Å²) in [5.41, 5.74) is 0.387. The third kappa shape index (κ3) is 0.838. The highest BCUT2D eigenvalue weighted by molar-refractivity contribution is 9.09. The van der Waals surface area contributed by atoms with E-state index in [2.05, 4.69) is 15.9 Å². The summed E-state index contributed by atoms with van der Waals surface area (Å²) in [5.74, 6) is 0.908. The smallest absolute Gasteiger partial charge is 0.0710 e. The Kier molecular flexibility index (Phi) is 1.34. The molecule has 0 N–H and O–H groups in total. The Bertz CT molecular complexity index is 112. The monoisotopic (exact) mass is 190 g/mol. The van der Waals surface area contributed by atoms with Crippen molar-refractivity contribution in [1.29, 1.82) is 0 Å². The summed E-state index contributed by atoms with van der Waals surface area (Å²) in [5, 5.41) is 1.16. The van der Waals surface area contributed by atoms with Gasteiger partial charge in [0.1, 0.15) is 0 Å². The van der Waals surface area contributed by atoms with Gasteiger partial charge < -0.3 is 4.74 Å². The maximum absolute atomic E-state index is 5.47. The number of rotatable bonds is 1. The zero-order valence-corrected chi connectivity index (χ0v) is 6.99. The van der Waals surface area contributed by atoms with E-state index in [1.165, 1.54) is 19.3 Å². The highest BCUT2D eigenvalue weighted by atomic mass is 79.9. The first kappa shape index (κ1) is 6.17. The zero-order valence-electron chi connectivity index (χ0n) is 5.40. The highest BCUT2D eigenvalue weighted by Crippen LogP contribution is 2.48. The van der Waals surface area contributed by atoms with Crippen LogP contribution in [0.2, 0.25) is 0 Å². The van der Waals surface area contributed by atoms with Gasteiger partial charge in [-0.05, 0) is 25.2 Å². The second-order valence-corrected chi connectivity index (χ2v) is 3.86. The molecule has 1 saturated heterocycles. The summed E-state index contributed by atoms with van der Waals surface area (Å²) in [6, 6.07) is 0. The van der Waals surface area contributed by atoms with Gasteiger partial charge in [-0.15, -0.1) is 0 Å². The van der Waals surface area contributed by atoms with Gasteiger partial charge in [-0.25, -0.2) is 0 Å². The van der Waals surface area contributed by atoms with Crippen LogP contribution in [0.15, 0.2) is 0 Å². The van der Waals surface area contributed by atoms with E-state index in [4.69, 9.17) is 4.74 Å². The van der Waals surface area contributed by atoms with E-state index < -0.39 is 0 Å². The largest absolute Gasteiger partial charge is 0.375 e. The number of ether oxygens (including phenoxy) is 1. The van der Waals surface area contributed by atoms with E-state index in [0.717, 1.165) is 17.9 Å². The first-order valence-electron chi connectivity index (χ1n) is 3.55. The van der Waals surface area contributed by atoms with Gasteiger partial charge in [0.05, 0.1) is 12.2 Å². The maximum Gasteiger partial charge on any atom is 0.0710 e. The van der Waals surface area contributed by atoms with Crippen LogP contribution < -0.4 is 0 Å². The fourth-order valence-electron chi connectivity index (χ4n) is 1.81. The van der Waals surface area contributed by atoms with E-state index >= 15 is 0 Å². The van der Waals surface area contributed by atoms with Crippen LogP contribution in [0.1, 0.15) is 19.3 Å². The predicted molar refractivity (Wildman–Crippen MR) is 39.8 cm³/mol. The summed E-state index contributed by atoms with van der Waals surface area (Å²) < 4.78 is 5.47. The van der Waals surface area contributed by atoms with Gasteiger partial charge in [0.25, 0.3) is 0 Å². The van der Waals surface area contributed by atoms with Crippen LogP contribution in [-0.2, 0) is 4.74 Å². The lowest BCUT2D eigenvalue weighted by molar-refractivity contribution is -0.209. The fourth-order valence-corrected chi connectivity index (χ4v) is 2.27. The Morgan fingerprint density at radius 2 is 2.22 bits per heavy atom. The molecule has 1 nitrogen and oxygen atoms in total. The summed E-state index contributed by atoms with van der Waals surface area (Å²) in [4.78, 5) is 0. The lowest BCUT2D eigenvalue weighted by Gasteiger charge is -2.53. The van der Waals surface area contributed by atoms with Crippen LogP contribution in [0.3, 0.4) is 0 Å². The quantitative estimate of drug-likeness (QED) is 0.575. The standard InChI is InChI=1S/C7H11BrO/c8-5-6-3-7(4-6)1-2-9-7/h6H,1-5H2. The molecule has 0 aromatic carbocycles. The van der Waals surface area contributed by atoms with Crippen molar-refractivity contribution in [3.8, 4) is 0 Å². The van der Waals surface area contributed by atoms with E-state index in [-0.39, 0.29) is 0 Å². The van der Waals surface area contributed by atoms with Crippen molar-refractivity contribution in [1.82, 2.24) is 0 Å². The van der Waals surface area contributed by atoms with Crippen LogP contribution >= 0.6 is 15.9 Å². The van der Waals surface area contributed by atoms with Crippen LogP contribution in [-0.4, -0.2) is 17.5 Å². The Morgan fingerprint density at radius 3 is 2.56 bits per heavy atom. The van der Waals surface area contributed by atoms with Gasteiger partial charge in [0, 0.05) is 5.33 Å². The van der Waals surface area contributed by atoms with Crippen molar-refractivity contribution in [2.24, 2.45) is 5.92 Å². The molecule has 0 aromatic heterocycles. The molecule has 0 aromatic rings. The van der Waals surface area contributed by atoms with Crippen LogP contribution in [0, 0.1) is 5.92 Å². The summed E-state index contributed by atoms with van der Waals surface area (Å²) in [6.45, 7) is 1.01. The Morgan fingerprint density at radius 1 is 1.56 bits per heavy atom. The summed E-state index contributed by atoms with van der Waals surface area (Å²) in [6.07, 6.45) is 3.92. The molecule has 0 bridgehead atoms. The highest BCUT2D eigenvalue weighted by Gasteiger charge is 2.49. The zero-order chi connectivity index (χ0) is 6.32. The SMILES string of the molecule is BrCC1CC2(CCO2)C1. The summed E-state index contributed by atoms with van der Waals surface area (Å²) >= 11 is 3.48. The average molecular weight is 191 g/mol. The van der Waals surface area contributed by atoms with E-state index in [0.29, 0.717) is 5.60 Å². The predicted octanol–water partition coefficient (Wildman–Crippen LogP) is 1.95. The van der Waals surface area contributed by atoms with Crippen molar-refractivity contribution < 1.29 is 4.74 Å². The lowest BCUT2D eigenvalue weighted by Crippen LogP contribution is -2.54. The molecule has 0 unspecified atom stereocenters. The molecule has 1 aliphatic carbocycles. The Labute approximate surface area is 63.9 Å². The minimum Gasteiger partial charge on any atom is -0.375 e. The average Bonchev–Trinajstić information content (AvgIpc) is 1.59. The van der Waals surface area contributed by atoms with Crippen LogP contribution in [0.25, 0.3) is 0 Å². The van der Waals surface area contributed by atoms with Gasteiger partial charge >= 0.3 is 0 Å². The third-order valence-corrected chi connectivity index (χ3v) is 3.42. The van der Waals surface area contributed by atoms with Crippen molar-refractivity contribution in [2.75, 3.05) is 11.9 Å². The molecule has 1 aliphatic heterocycles. The minimum atomic E-state index is 0.387. The molecule has 0 amide bonds. The van der Waals surface area contributed by atoms with Crippen molar-refractivity contribution in [3.63, 3.8) is 0 Å². The molecule has 1 spiro atoms. The topological polar surface area (TPSA) is 9.23 Å². The molecular formula is C7H11BrO. The molecule has 1 heterocycles. The molecule has 2 rings (SSSR count). The van der Waals surface area contributed by atoms with Crippen molar-refractivity contribution in [2.45, 2.75) is 24.9 Å². The van der Waals surface area contributed by atoms with E-state index in [1.54, 1.807) is 0 Å². The van der Waals surface area contributed by atoms with E-state index in [9.17, 15) is 0 Å². The maximum atomic E-state index is 5.47. The molecule has 52 valence electrons. The van der Waals surface area contributed by atoms with Crippen LogP contribution in [0.4, 0.5) is 0 Å². The molecule has 0 atom stereocenters. The molecule has 9 heavy (non-hydrogen) atoms. The first-order chi connectivity index (χ1) is 4.35. The fraction of sp³-hybridized carbons (Fsp3) is 1.00. The molecule has 2 fully saturated rings. The van der Waals surface area contributed by atoms with E-state index in [1.807, 2.05) is 0 Å². The van der Waals surface area contributed by atoms with Gasteiger partial charge in [-0.3, -0.25) is 0 Å². The molecule has 2 heteroatoms. The number of halogens is 1.